The fourth-order valence-corrected chi connectivity index (χ4v) is 5.27. The molecule has 0 bridgehead atoms. The van der Waals surface area contributed by atoms with Gasteiger partial charge in [-0.1, -0.05) is 48.7 Å². The van der Waals surface area contributed by atoms with E-state index < -0.39 is 6.04 Å². The van der Waals surface area contributed by atoms with Crippen LogP contribution >= 0.6 is 0 Å². The molecule has 3 aromatic rings. The summed E-state index contributed by atoms with van der Waals surface area (Å²) in [5, 5.41) is 21.4. The standard InChI is InChI=1S/C27H33N5O4/c33-21-14-12-19(13-15-21)26(27(35)28-20-7-2-1-3-8-20)31(17-22-9-6-16-36-22)25(34)18-32-24-11-5-4-10-23(24)29-30-32/h4-5,10-15,20,22,26,33H,1-3,6-9,16-18H2,(H,28,35)/t22-,26-/m0/s1. The zero-order chi connectivity index (χ0) is 24.9. The zero-order valence-corrected chi connectivity index (χ0v) is 20.4. The van der Waals surface area contributed by atoms with E-state index in [-0.39, 0.29) is 36.3 Å². The molecule has 0 radical (unpaired) electrons. The Kier molecular flexibility index (Phi) is 7.46. The van der Waals surface area contributed by atoms with Crippen LogP contribution in [0.1, 0.15) is 56.6 Å². The zero-order valence-electron chi connectivity index (χ0n) is 20.4. The molecular weight excluding hydrogens is 458 g/mol. The number of nitrogens with one attached hydrogen (secondary N) is 1. The van der Waals surface area contributed by atoms with Gasteiger partial charge in [0.2, 0.25) is 11.8 Å². The van der Waals surface area contributed by atoms with Crippen molar-refractivity contribution < 1.29 is 19.4 Å². The van der Waals surface area contributed by atoms with E-state index in [0.29, 0.717) is 24.2 Å². The molecule has 2 fully saturated rings. The Hall–Kier alpha value is -3.46. The topological polar surface area (TPSA) is 110 Å². The van der Waals surface area contributed by atoms with Crippen molar-refractivity contribution in [2.75, 3.05) is 13.2 Å². The van der Waals surface area contributed by atoms with E-state index in [9.17, 15) is 14.7 Å². The Bertz CT molecular complexity index is 1180. The van der Waals surface area contributed by atoms with Gasteiger partial charge in [-0.05, 0) is 55.5 Å². The second-order valence-corrected chi connectivity index (χ2v) is 9.75. The van der Waals surface area contributed by atoms with Crippen LogP contribution < -0.4 is 5.32 Å². The maximum atomic E-state index is 13.9. The van der Waals surface area contributed by atoms with Crippen LogP contribution in [0.3, 0.4) is 0 Å². The van der Waals surface area contributed by atoms with E-state index in [1.54, 1.807) is 33.8 Å². The molecule has 5 rings (SSSR count). The van der Waals surface area contributed by atoms with Gasteiger partial charge in [-0.3, -0.25) is 9.59 Å². The lowest BCUT2D eigenvalue weighted by Crippen LogP contribution is -2.49. The molecule has 2 N–H and O–H groups in total. The maximum Gasteiger partial charge on any atom is 0.247 e. The maximum absolute atomic E-state index is 13.9. The third kappa shape index (κ3) is 5.51. The molecule has 1 saturated heterocycles. The number of ether oxygens (including phenoxy) is 1. The third-order valence-corrected chi connectivity index (χ3v) is 7.17. The van der Waals surface area contributed by atoms with Gasteiger partial charge in [0.1, 0.15) is 23.9 Å². The van der Waals surface area contributed by atoms with Gasteiger partial charge < -0.3 is 20.1 Å². The fraction of sp³-hybridized carbons (Fsp3) is 0.481. The Morgan fingerprint density at radius 1 is 1.06 bits per heavy atom. The first-order valence-electron chi connectivity index (χ1n) is 12.9. The number of hydrogen-bond donors (Lipinski definition) is 2. The van der Waals surface area contributed by atoms with E-state index in [1.807, 2.05) is 24.3 Å². The summed E-state index contributed by atoms with van der Waals surface area (Å²) in [6, 6.07) is 13.3. The van der Waals surface area contributed by atoms with E-state index in [1.165, 1.54) is 6.42 Å². The van der Waals surface area contributed by atoms with E-state index in [4.69, 9.17) is 4.74 Å². The fourth-order valence-electron chi connectivity index (χ4n) is 5.27. The summed E-state index contributed by atoms with van der Waals surface area (Å²) in [6.07, 6.45) is 6.88. The predicted octanol–water partition coefficient (Wildman–Crippen LogP) is 3.33. The van der Waals surface area contributed by atoms with Gasteiger partial charge in [0.05, 0.1) is 11.6 Å². The highest BCUT2D eigenvalue weighted by Crippen LogP contribution is 2.28. The number of nitrogens with zero attached hydrogens (tertiary/aromatic N) is 4. The lowest BCUT2D eigenvalue weighted by molar-refractivity contribution is -0.143. The average molecular weight is 492 g/mol. The number of benzene rings is 2. The first-order chi connectivity index (χ1) is 17.6. The summed E-state index contributed by atoms with van der Waals surface area (Å²) in [4.78, 5) is 29.3. The highest BCUT2D eigenvalue weighted by molar-refractivity contribution is 5.89. The van der Waals surface area contributed by atoms with Crippen molar-refractivity contribution >= 4 is 22.8 Å². The highest BCUT2D eigenvalue weighted by Gasteiger charge is 2.35. The summed E-state index contributed by atoms with van der Waals surface area (Å²) in [5.74, 6) is -0.336. The van der Waals surface area contributed by atoms with Crippen molar-refractivity contribution in [3.05, 3.63) is 54.1 Å². The quantitative estimate of drug-likeness (QED) is 0.500. The van der Waals surface area contributed by atoms with E-state index in [0.717, 1.165) is 44.0 Å². The number of hydrogen-bond acceptors (Lipinski definition) is 6. The highest BCUT2D eigenvalue weighted by atomic mass is 16.5. The minimum atomic E-state index is -0.848. The van der Waals surface area contributed by atoms with Crippen molar-refractivity contribution in [3.63, 3.8) is 0 Å². The molecule has 2 atom stereocenters. The van der Waals surface area contributed by atoms with Gasteiger partial charge in [-0.15, -0.1) is 5.10 Å². The second-order valence-electron chi connectivity index (χ2n) is 9.75. The number of rotatable bonds is 8. The third-order valence-electron chi connectivity index (χ3n) is 7.17. The lowest BCUT2D eigenvalue weighted by Gasteiger charge is -2.34. The van der Waals surface area contributed by atoms with E-state index >= 15 is 0 Å². The molecule has 36 heavy (non-hydrogen) atoms. The van der Waals surface area contributed by atoms with Crippen LogP contribution in [0.5, 0.6) is 5.75 Å². The Morgan fingerprint density at radius 3 is 2.58 bits per heavy atom. The molecule has 9 nitrogen and oxygen atoms in total. The normalized spacial score (nSPS) is 19.3. The first-order valence-corrected chi connectivity index (χ1v) is 12.9. The van der Waals surface area contributed by atoms with Crippen LogP contribution in [0.2, 0.25) is 0 Å². The summed E-state index contributed by atoms with van der Waals surface area (Å²) in [7, 11) is 0. The molecule has 1 aromatic heterocycles. The number of carbonyl (C=O) groups is 2. The minimum Gasteiger partial charge on any atom is -0.508 e. The van der Waals surface area contributed by atoms with Gasteiger partial charge in [0, 0.05) is 19.2 Å². The monoisotopic (exact) mass is 491 g/mol. The SMILES string of the molecule is O=C(NC1CCCCC1)[C@H](c1ccc(O)cc1)N(C[C@@H]1CCCO1)C(=O)Cn1nnc2ccccc21. The number of aromatic hydroxyl groups is 1. The lowest BCUT2D eigenvalue weighted by atomic mass is 9.94. The number of phenolic OH excluding ortho intramolecular Hbond substituents is 1. The Morgan fingerprint density at radius 2 is 1.83 bits per heavy atom. The molecule has 0 spiro atoms. The van der Waals surface area contributed by atoms with E-state index in [2.05, 4.69) is 15.6 Å². The second kappa shape index (κ2) is 11.1. The summed E-state index contributed by atoms with van der Waals surface area (Å²) >= 11 is 0. The van der Waals surface area contributed by atoms with Crippen LogP contribution in [0.15, 0.2) is 48.5 Å². The summed E-state index contributed by atoms with van der Waals surface area (Å²) < 4.78 is 7.45. The summed E-state index contributed by atoms with van der Waals surface area (Å²) in [6.45, 7) is 0.909. The molecule has 1 saturated carbocycles. The number of carbonyl (C=O) groups excluding carboxylic acids is 2. The molecule has 2 aromatic carbocycles. The Labute approximate surface area is 210 Å². The molecule has 2 amide bonds. The number of amides is 2. The Balaban J connectivity index is 1.46. The molecule has 1 aliphatic carbocycles. The first kappa shape index (κ1) is 24.2. The van der Waals surface area contributed by atoms with Crippen molar-refractivity contribution in [2.24, 2.45) is 0 Å². The molecular formula is C27H33N5O4. The van der Waals surface area contributed by atoms with Crippen LogP contribution in [-0.4, -0.2) is 62.1 Å². The molecule has 190 valence electrons. The number of fused-ring (bicyclic) bond motifs is 1. The van der Waals surface area contributed by atoms with Crippen LogP contribution in [0.25, 0.3) is 11.0 Å². The molecule has 1 aliphatic heterocycles. The van der Waals surface area contributed by atoms with Crippen molar-refractivity contribution in [2.45, 2.75) is 69.7 Å². The molecule has 2 heterocycles. The predicted molar refractivity (Wildman–Crippen MR) is 134 cm³/mol. The summed E-state index contributed by atoms with van der Waals surface area (Å²) in [5.41, 5.74) is 2.12. The number of para-hydroxylation sites is 1. The largest absolute Gasteiger partial charge is 0.508 e. The molecule has 2 aliphatic rings. The molecule has 9 heteroatoms. The average Bonchev–Trinajstić information content (AvgIpc) is 3.56. The minimum absolute atomic E-state index is 0.0431. The smallest absolute Gasteiger partial charge is 0.247 e. The van der Waals surface area contributed by atoms with Crippen LogP contribution in [0.4, 0.5) is 0 Å². The van der Waals surface area contributed by atoms with Crippen molar-refractivity contribution in [1.29, 1.82) is 0 Å². The number of aromatic nitrogens is 3. The van der Waals surface area contributed by atoms with Crippen LogP contribution in [-0.2, 0) is 20.9 Å². The van der Waals surface area contributed by atoms with Gasteiger partial charge in [0.25, 0.3) is 0 Å². The van der Waals surface area contributed by atoms with Gasteiger partial charge >= 0.3 is 0 Å². The van der Waals surface area contributed by atoms with Crippen LogP contribution in [0, 0.1) is 0 Å². The van der Waals surface area contributed by atoms with Gasteiger partial charge in [0.15, 0.2) is 0 Å². The van der Waals surface area contributed by atoms with Crippen molar-refractivity contribution in [1.82, 2.24) is 25.2 Å². The van der Waals surface area contributed by atoms with Crippen molar-refractivity contribution in [3.8, 4) is 5.75 Å². The number of phenols is 1. The van der Waals surface area contributed by atoms with Gasteiger partial charge in [-0.2, -0.15) is 0 Å². The molecule has 0 unspecified atom stereocenters. The van der Waals surface area contributed by atoms with Gasteiger partial charge in [-0.25, -0.2) is 4.68 Å².